The average molecular weight is 525 g/mol. The summed E-state index contributed by atoms with van der Waals surface area (Å²) < 4.78 is 45.9. The highest BCUT2D eigenvalue weighted by molar-refractivity contribution is 5.94. The second kappa shape index (κ2) is 12.0. The van der Waals surface area contributed by atoms with Gasteiger partial charge in [0.1, 0.15) is 5.75 Å². The first-order chi connectivity index (χ1) is 18.1. The monoisotopic (exact) mass is 524 g/mol. The molecule has 1 aliphatic heterocycles. The maximum absolute atomic E-state index is 13.6. The third-order valence-electron chi connectivity index (χ3n) is 7.07. The molecule has 1 saturated heterocycles. The van der Waals surface area contributed by atoms with Gasteiger partial charge in [0, 0.05) is 44.2 Å². The lowest BCUT2D eigenvalue weighted by Gasteiger charge is -2.30. The zero-order chi connectivity index (χ0) is 27.3. The van der Waals surface area contributed by atoms with Gasteiger partial charge in [-0.15, -0.1) is 0 Å². The number of methoxy groups -OCH3 is 1. The Kier molecular flexibility index (Phi) is 8.77. The minimum Gasteiger partial charge on any atom is -0.497 e. The van der Waals surface area contributed by atoms with Crippen molar-refractivity contribution in [3.63, 3.8) is 0 Å². The van der Waals surface area contributed by atoms with Gasteiger partial charge in [0.2, 0.25) is 0 Å². The maximum Gasteiger partial charge on any atom is 0.416 e. The van der Waals surface area contributed by atoms with Crippen LogP contribution in [-0.2, 0) is 12.7 Å². The van der Waals surface area contributed by atoms with E-state index < -0.39 is 11.7 Å². The number of halogens is 3. The van der Waals surface area contributed by atoms with Crippen molar-refractivity contribution in [3.05, 3.63) is 101 Å². The van der Waals surface area contributed by atoms with E-state index >= 15 is 0 Å². The molecule has 0 N–H and O–H groups in total. The molecule has 1 aliphatic rings. The summed E-state index contributed by atoms with van der Waals surface area (Å²) in [5.41, 5.74) is 1.76. The summed E-state index contributed by atoms with van der Waals surface area (Å²) >= 11 is 0. The molecule has 4 nitrogen and oxygen atoms in total. The van der Waals surface area contributed by atoms with Gasteiger partial charge in [-0.2, -0.15) is 13.2 Å². The molecule has 0 aromatic heterocycles. The van der Waals surface area contributed by atoms with Gasteiger partial charge in [-0.3, -0.25) is 9.69 Å². The molecule has 0 bridgehead atoms. The van der Waals surface area contributed by atoms with Gasteiger partial charge < -0.3 is 9.64 Å². The van der Waals surface area contributed by atoms with Crippen molar-refractivity contribution in [2.45, 2.75) is 32.5 Å². The van der Waals surface area contributed by atoms with Crippen molar-refractivity contribution in [1.82, 2.24) is 9.80 Å². The van der Waals surface area contributed by atoms with E-state index in [0.29, 0.717) is 43.9 Å². The van der Waals surface area contributed by atoms with Gasteiger partial charge in [0.05, 0.1) is 12.7 Å². The van der Waals surface area contributed by atoms with Gasteiger partial charge >= 0.3 is 6.18 Å². The van der Waals surface area contributed by atoms with Crippen molar-refractivity contribution in [2.75, 3.05) is 33.3 Å². The summed E-state index contributed by atoms with van der Waals surface area (Å²) in [5, 5.41) is 0. The van der Waals surface area contributed by atoms with E-state index in [1.54, 1.807) is 13.2 Å². The number of likely N-dealkylation sites (tertiary alicyclic amines) is 1. The lowest BCUT2D eigenvalue weighted by atomic mass is 9.87. The average Bonchev–Trinajstić information content (AvgIpc) is 3.30. The van der Waals surface area contributed by atoms with Gasteiger partial charge in [0.25, 0.3) is 5.91 Å². The molecule has 1 heterocycles. The van der Waals surface area contributed by atoms with Crippen molar-refractivity contribution in [2.24, 2.45) is 11.8 Å². The SMILES string of the molecule is COc1ccc(CN2CC(CN(CC(C)C)C(=O)c3ccccc3)C(c3cccc(C(F)(F)F)c3)C2)cc1. The molecule has 0 spiro atoms. The maximum atomic E-state index is 13.6. The fourth-order valence-electron chi connectivity index (χ4n) is 5.31. The standard InChI is InChI=1S/C31H35F3N2O2/c1-22(2)17-36(30(37)24-8-5-4-6-9-24)20-26-19-35(18-23-12-14-28(38-3)15-13-23)21-29(26)25-10-7-11-27(16-25)31(32,33)34/h4-16,22,26,29H,17-21H2,1-3H3. The number of hydrogen-bond acceptors (Lipinski definition) is 3. The van der Waals surface area contributed by atoms with Crippen LogP contribution in [0.25, 0.3) is 0 Å². The molecule has 1 fully saturated rings. The Morgan fingerprint density at radius 3 is 2.34 bits per heavy atom. The van der Waals surface area contributed by atoms with Crippen LogP contribution in [0.5, 0.6) is 5.75 Å². The van der Waals surface area contributed by atoms with Crippen LogP contribution in [0.3, 0.4) is 0 Å². The molecule has 202 valence electrons. The Hall–Kier alpha value is -3.32. The molecule has 3 aromatic carbocycles. The summed E-state index contributed by atoms with van der Waals surface area (Å²) in [7, 11) is 1.62. The number of carbonyl (C=O) groups is 1. The van der Waals surface area contributed by atoms with Gasteiger partial charge in [-0.05, 0) is 53.3 Å². The largest absolute Gasteiger partial charge is 0.497 e. The summed E-state index contributed by atoms with van der Waals surface area (Å²) in [6.45, 7) is 7.17. The van der Waals surface area contributed by atoms with E-state index in [1.807, 2.05) is 59.5 Å². The molecule has 0 radical (unpaired) electrons. The third kappa shape index (κ3) is 6.95. The molecular weight excluding hydrogens is 489 g/mol. The number of ether oxygens (including phenoxy) is 1. The van der Waals surface area contributed by atoms with Crippen LogP contribution in [0.4, 0.5) is 13.2 Å². The molecule has 3 aromatic rings. The Morgan fingerprint density at radius 2 is 1.71 bits per heavy atom. The molecular formula is C31H35F3N2O2. The zero-order valence-electron chi connectivity index (χ0n) is 22.1. The van der Waals surface area contributed by atoms with Crippen LogP contribution in [0, 0.1) is 11.8 Å². The Morgan fingerprint density at radius 1 is 1.00 bits per heavy atom. The summed E-state index contributed by atoms with van der Waals surface area (Å²) in [5.74, 6) is 0.845. The quantitative estimate of drug-likeness (QED) is 0.311. The van der Waals surface area contributed by atoms with Crippen LogP contribution < -0.4 is 4.74 Å². The highest BCUT2D eigenvalue weighted by Crippen LogP contribution is 2.37. The lowest BCUT2D eigenvalue weighted by Crippen LogP contribution is -2.39. The second-order valence-electron chi connectivity index (χ2n) is 10.5. The number of nitrogens with zero attached hydrogens (tertiary/aromatic N) is 2. The van der Waals surface area contributed by atoms with E-state index in [9.17, 15) is 18.0 Å². The molecule has 2 unspecified atom stereocenters. The van der Waals surface area contributed by atoms with Gasteiger partial charge in [-0.25, -0.2) is 0 Å². The Balaban J connectivity index is 1.62. The van der Waals surface area contributed by atoms with Crippen LogP contribution in [-0.4, -0.2) is 49.0 Å². The van der Waals surface area contributed by atoms with Crippen molar-refractivity contribution in [1.29, 1.82) is 0 Å². The van der Waals surface area contributed by atoms with Crippen LogP contribution >= 0.6 is 0 Å². The van der Waals surface area contributed by atoms with E-state index in [4.69, 9.17) is 4.74 Å². The first-order valence-electron chi connectivity index (χ1n) is 13.0. The molecule has 2 atom stereocenters. The first kappa shape index (κ1) is 27.7. The van der Waals surface area contributed by atoms with E-state index in [0.717, 1.165) is 17.4 Å². The predicted molar refractivity (Wildman–Crippen MR) is 143 cm³/mol. The van der Waals surface area contributed by atoms with Crippen LogP contribution in [0.15, 0.2) is 78.9 Å². The molecule has 1 amide bonds. The van der Waals surface area contributed by atoms with Crippen molar-refractivity contribution >= 4 is 5.91 Å². The number of amides is 1. The minimum atomic E-state index is -4.40. The second-order valence-corrected chi connectivity index (χ2v) is 10.5. The van der Waals surface area contributed by atoms with Crippen molar-refractivity contribution in [3.8, 4) is 5.75 Å². The van der Waals surface area contributed by atoms with Gasteiger partial charge in [0.15, 0.2) is 0 Å². The van der Waals surface area contributed by atoms with E-state index in [2.05, 4.69) is 18.7 Å². The fourth-order valence-corrected chi connectivity index (χ4v) is 5.31. The van der Waals surface area contributed by atoms with Crippen molar-refractivity contribution < 1.29 is 22.7 Å². The van der Waals surface area contributed by atoms with Crippen LogP contribution in [0.2, 0.25) is 0 Å². The fraction of sp³-hybridized carbons (Fsp3) is 0.387. The highest BCUT2D eigenvalue weighted by atomic mass is 19.4. The molecule has 0 saturated carbocycles. The molecule has 0 aliphatic carbocycles. The minimum absolute atomic E-state index is 0.0110. The predicted octanol–water partition coefficient (Wildman–Crippen LogP) is 6.73. The highest BCUT2D eigenvalue weighted by Gasteiger charge is 2.38. The summed E-state index contributed by atoms with van der Waals surface area (Å²) in [4.78, 5) is 17.6. The topological polar surface area (TPSA) is 32.8 Å². The molecule has 7 heteroatoms. The number of rotatable bonds is 9. The summed E-state index contributed by atoms with van der Waals surface area (Å²) in [6.07, 6.45) is -4.40. The Bertz CT molecular complexity index is 1200. The van der Waals surface area contributed by atoms with Crippen LogP contribution in [0.1, 0.15) is 46.8 Å². The smallest absolute Gasteiger partial charge is 0.416 e. The van der Waals surface area contributed by atoms with E-state index in [-0.39, 0.29) is 23.7 Å². The number of alkyl halides is 3. The van der Waals surface area contributed by atoms with E-state index in [1.165, 1.54) is 12.1 Å². The normalized spacial score (nSPS) is 18.1. The summed E-state index contributed by atoms with van der Waals surface area (Å²) in [6, 6.07) is 22.7. The lowest BCUT2D eigenvalue weighted by molar-refractivity contribution is -0.137. The van der Waals surface area contributed by atoms with Gasteiger partial charge in [-0.1, -0.05) is 62.4 Å². The number of carbonyl (C=O) groups excluding carboxylic acids is 1. The first-order valence-corrected chi connectivity index (χ1v) is 13.0. The number of hydrogen-bond donors (Lipinski definition) is 0. The number of benzene rings is 3. The zero-order valence-corrected chi connectivity index (χ0v) is 22.1. The molecule has 4 rings (SSSR count). The molecule has 38 heavy (non-hydrogen) atoms. The Labute approximate surface area is 223 Å². The third-order valence-corrected chi connectivity index (χ3v) is 7.07.